The Labute approximate surface area is 140 Å². The average Bonchev–Trinajstić information content (AvgIpc) is 2.61. The van der Waals surface area contributed by atoms with Gasteiger partial charge in [-0.15, -0.1) is 0 Å². The van der Waals surface area contributed by atoms with Crippen LogP contribution in [0, 0.1) is 11.3 Å². The van der Waals surface area contributed by atoms with Crippen LogP contribution in [0.1, 0.15) is 30.4 Å². The first kappa shape index (κ1) is 15.8. The summed E-state index contributed by atoms with van der Waals surface area (Å²) < 4.78 is 0. The molecule has 1 heterocycles. The van der Waals surface area contributed by atoms with Crippen molar-refractivity contribution >= 4 is 23.2 Å². The number of anilines is 2. The molecule has 0 spiro atoms. The number of hydrogen-bond donors (Lipinski definition) is 1. The van der Waals surface area contributed by atoms with Crippen molar-refractivity contribution in [1.29, 1.82) is 5.26 Å². The van der Waals surface area contributed by atoms with Gasteiger partial charge in [0.25, 0.3) is 0 Å². The third kappa shape index (κ3) is 3.13. The predicted octanol–water partition coefficient (Wildman–Crippen LogP) is 3.21. The van der Waals surface area contributed by atoms with Gasteiger partial charge in [-0.05, 0) is 24.1 Å². The van der Waals surface area contributed by atoms with Gasteiger partial charge >= 0.3 is 0 Å². The van der Waals surface area contributed by atoms with E-state index in [0.717, 1.165) is 10.5 Å². The third-order valence-corrected chi connectivity index (χ3v) is 3.99. The molecule has 5 heteroatoms. The van der Waals surface area contributed by atoms with E-state index in [9.17, 15) is 14.9 Å². The first-order valence-electron chi connectivity index (χ1n) is 7.87. The second kappa shape index (κ2) is 6.97. The van der Waals surface area contributed by atoms with Gasteiger partial charge in [-0.1, -0.05) is 36.4 Å². The molecule has 0 atom stereocenters. The van der Waals surface area contributed by atoms with E-state index in [1.54, 1.807) is 18.2 Å². The molecule has 0 unspecified atom stereocenters. The Kier molecular flexibility index (Phi) is 4.57. The predicted molar refractivity (Wildman–Crippen MR) is 91.3 cm³/mol. The van der Waals surface area contributed by atoms with E-state index in [0.29, 0.717) is 42.7 Å². The molecule has 2 aromatic carbocycles. The van der Waals surface area contributed by atoms with E-state index in [1.807, 2.05) is 30.3 Å². The summed E-state index contributed by atoms with van der Waals surface area (Å²) in [5.41, 5.74) is 2.37. The Balaban J connectivity index is 1.96. The maximum Gasteiger partial charge on any atom is 0.233 e. The third-order valence-electron chi connectivity index (χ3n) is 3.99. The van der Waals surface area contributed by atoms with E-state index < -0.39 is 0 Å². The lowest BCUT2D eigenvalue weighted by Gasteiger charge is -2.28. The minimum Gasteiger partial charge on any atom is -0.379 e. The molecule has 3 rings (SSSR count). The van der Waals surface area contributed by atoms with Crippen LogP contribution in [-0.2, 0) is 16.1 Å². The number of nitriles is 1. The number of nitrogens with one attached hydrogen (secondary N) is 1. The molecule has 2 aromatic rings. The summed E-state index contributed by atoms with van der Waals surface area (Å²) in [6.07, 6.45) is 1.21. The number of piperidine rings is 1. The summed E-state index contributed by atoms with van der Waals surface area (Å²) in [6, 6.07) is 17.0. The van der Waals surface area contributed by atoms with E-state index >= 15 is 0 Å². The van der Waals surface area contributed by atoms with Gasteiger partial charge in [0.05, 0.1) is 16.9 Å². The van der Waals surface area contributed by atoms with Crippen molar-refractivity contribution in [3.63, 3.8) is 0 Å². The highest BCUT2D eigenvalue weighted by Crippen LogP contribution is 2.33. The number of para-hydroxylation sites is 1. The van der Waals surface area contributed by atoms with Crippen LogP contribution >= 0.6 is 0 Å². The minimum atomic E-state index is -0.253. The average molecular weight is 319 g/mol. The maximum atomic E-state index is 12.3. The van der Waals surface area contributed by atoms with Gasteiger partial charge in [0.2, 0.25) is 11.8 Å². The van der Waals surface area contributed by atoms with Crippen LogP contribution in [0.4, 0.5) is 11.4 Å². The molecule has 0 aliphatic carbocycles. The number of carbonyl (C=O) groups is 2. The normalized spacial score (nSPS) is 14.4. The number of imide groups is 1. The molecule has 0 saturated carbocycles. The second-order valence-electron chi connectivity index (χ2n) is 5.63. The SMILES string of the molecule is N#Cc1cccc(NCc2ccccc2)c1N1C(=O)CCCC1=O. The van der Waals surface area contributed by atoms with E-state index in [4.69, 9.17) is 0 Å². The molecule has 1 aliphatic rings. The molecule has 1 saturated heterocycles. The van der Waals surface area contributed by atoms with Crippen molar-refractivity contribution in [2.75, 3.05) is 10.2 Å². The van der Waals surface area contributed by atoms with Gasteiger partial charge in [-0.2, -0.15) is 5.26 Å². The monoisotopic (exact) mass is 319 g/mol. The molecule has 2 amide bonds. The van der Waals surface area contributed by atoms with Crippen molar-refractivity contribution in [1.82, 2.24) is 0 Å². The molecule has 24 heavy (non-hydrogen) atoms. The highest BCUT2D eigenvalue weighted by atomic mass is 16.2. The lowest BCUT2D eigenvalue weighted by Crippen LogP contribution is -2.41. The van der Waals surface area contributed by atoms with Crippen LogP contribution in [0.5, 0.6) is 0 Å². The smallest absolute Gasteiger partial charge is 0.233 e. The van der Waals surface area contributed by atoms with Gasteiger partial charge in [0, 0.05) is 19.4 Å². The molecule has 1 fully saturated rings. The Morgan fingerprint density at radius 2 is 1.71 bits per heavy atom. The molecule has 120 valence electrons. The molecule has 0 aromatic heterocycles. The summed E-state index contributed by atoms with van der Waals surface area (Å²) in [6.45, 7) is 0.541. The molecule has 1 N–H and O–H groups in total. The van der Waals surface area contributed by atoms with Crippen molar-refractivity contribution in [2.24, 2.45) is 0 Å². The number of amides is 2. The fourth-order valence-electron chi connectivity index (χ4n) is 2.81. The first-order chi connectivity index (χ1) is 11.7. The van der Waals surface area contributed by atoms with Gasteiger partial charge in [0.1, 0.15) is 6.07 Å². The number of hydrogen-bond acceptors (Lipinski definition) is 4. The number of nitrogens with zero attached hydrogens (tertiary/aromatic N) is 2. The summed E-state index contributed by atoms with van der Waals surface area (Å²) in [7, 11) is 0. The minimum absolute atomic E-state index is 0.253. The van der Waals surface area contributed by atoms with Crippen LogP contribution in [-0.4, -0.2) is 11.8 Å². The highest BCUT2D eigenvalue weighted by Gasteiger charge is 2.31. The zero-order chi connectivity index (χ0) is 16.9. The summed E-state index contributed by atoms with van der Waals surface area (Å²) in [4.78, 5) is 25.7. The van der Waals surface area contributed by atoms with Crippen LogP contribution < -0.4 is 10.2 Å². The van der Waals surface area contributed by atoms with Crippen LogP contribution in [0.2, 0.25) is 0 Å². The summed E-state index contributed by atoms with van der Waals surface area (Å²) >= 11 is 0. The highest BCUT2D eigenvalue weighted by molar-refractivity contribution is 6.18. The topological polar surface area (TPSA) is 73.2 Å². The number of rotatable bonds is 4. The number of carbonyl (C=O) groups excluding carboxylic acids is 2. The zero-order valence-corrected chi connectivity index (χ0v) is 13.2. The zero-order valence-electron chi connectivity index (χ0n) is 13.2. The standard InChI is InChI=1S/C19H17N3O2/c20-12-15-8-4-9-16(21-13-14-6-2-1-3-7-14)19(15)22-17(23)10-5-11-18(22)24/h1-4,6-9,21H,5,10-11,13H2. The van der Waals surface area contributed by atoms with E-state index in [1.165, 1.54) is 0 Å². The molecule has 0 bridgehead atoms. The lowest BCUT2D eigenvalue weighted by molar-refractivity contribution is -0.129. The fourth-order valence-corrected chi connectivity index (χ4v) is 2.81. The van der Waals surface area contributed by atoms with Gasteiger partial charge < -0.3 is 5.32 Å². The Morgan fingerprint density at radius 3 is 2.38 bits per heavy atom. The molecular weight excluding hydrogens is 302 g/mol. The quantitative estimate of drug-likeness (QED) is 0.878. The molecule has 5 nitrogen and oxygen atoms in total. The van der Waals surface area contributed by atoms with Crippen molar-refractivity contribution in [3.8, 4) is 6.07 Å². The van der Waals surface area contributed by atoms with Crippen molar-refractivity contribution in [2.45, 2.75) is 25.8 Å². The summed E-state index contributed by atoms with van der Waals surface area (Å²) in [5.74, 6) is -0.506. The molecule has 0 radical (unpaired) electrons. The fraction of sp³-hybridized carbons (Fsp3) is 0.211. The Bertz CT molecular complexity index is 793. The van der Waals surface area contributed by atoms with Crippen molar-refractivity contribution < 1.29 is 9.59 Å². The van der Waals surface area contributed by atoms with E-state index in [-0.39, 0.29) is 11.8 Å². The number of benzene rings is 2. The Hall–Kier alpha value is -3.13. The lowest BCUT2D eigenvalue weighted by atomic mass is 10.0. The Morgan fingerprint density at radius 1 is 1.00 bits per heavy atom. The van der Waals surface area contributed by atoms with Crippen molar-refractivity contribution in [3.05, 3.63) is 59.7 Å². The maximum absolute atomic E-state index is 12.3. The van der Waals surface area contributed by atoms with Crippen LogP contribution in [0.25, 0.3) is 0 Å². The first-order valence-corrected chi connectivity index (χ1v) is 7.87. The van der Waals surface area contributed by atoms with E-state index in [2.05, 4.69) is 11.4 Å². The van der Waals surface area contributed by atoms with Crippen LogP contribution in [0.15, 0.2) is 48.5 Å². The van der Waals surface area contributed by atoms with Gasteiger partial charge in [0.15, 0.2) is 0 Å². The van der Waals surface area contributed by atoms with Crippen LogP contribution in [0.3, 0.4) is 0 Å². The summed E-state index contributed by atoms with van der Waals surface area (Å²) in [5, 5.41) is 12.6. The van der Waals surface area contributed by atoms with Gasteiger partial charge in [-0.3, -0.25) is 9.59 Å². The second-order valence-corrected chi connectivity index (χ2v) is 5.63. The largest absolute Gasteiger partial charge is 0.379 e. The molecule has 1 aliphatic heterocycles. The van der Waals surface area contributed by atoms with Gasteiger partial charge in [-0.25, -0.2) is 4.90 Å². The molecular formula is C19H17N3O2.